The van der Waals surface area contributed by atoms with Gasteiger partial charge in [0.25, 0.3) is 0 Å². The largest absolute Gasteiger partial charge is 0.315 e. The molecule has 0 amide bonds. The molecule has 18 heavy (non-hydrogen) atoms. The second-order valence-electron chi connectivity index (χ2n) is 5.05. The van der Waals surface area contributed by atoms with E-state index >= 15 is 0 Å². The maximum atomic E-state index is 3.56. The lowest BCUT2D eigenvalue weighted by Gasteiger charge is -2.34. The van der Waals surface area contributed by atoms with Gasteiger partial charge in [0.15, 0.2) is 0 Å². The molecule has 0 fully saturated rings. The first-order valence-electron chi connectivity index (χ1n) is 7.22. The molecule has 0 aliphatic heterocycles. The van der Waals surface area contributed by atoms with Gasteiger partial charge in [-0.1, -0.05) is 44.2 Å². The maximum Gasteiger partial charge on any atom is 0.0475 e. The molecule has 0 aliphatic rings. The number of likely N-dealkylation sites (N-methyl/N-ethyl adjacent to an activating group) is 1. The van der Waals surface area contributed by atoms with Crippen LogP contribution in [-0.4, -0.2) is 30.6 Å². The van der Waals surface area contributed by atoms with Crippen molar-refractivity contribution in [2.75, 3.05) is 19.6 Å². The summed E-state index contributed by atoms with van der Waals surface area (Å²) in [6, 6.07) is 11.9. The van der Waals surface area contributed by atoms with E-state index in [0.29, 0.717) is 12.1 Å². The molecule has 0 saturated heterocycles. The van der Waals surface area contributed by atoms with Crippen LogP contribution in [-0.2, 0) is 0 Å². The standard InChI is InChI=1S/C16H28N2/c1-5-12-17-13-16(18(6-2)14(3)4)15-10-8-7-9-11-15/h7-11,14,16-17H,5-6,12-13H2,1-4H3. The van der Waals surface area contributed by atoms with Crippen LogP contribution in [0.2, 0.25) is 0 Å². The fourth-order valence-electron chi connectivity index (χ4n) is 2.46. The summed E-state index contributed by atoms with van der Waals surface area (Å²) in [6.07, 6.45) is 1.19. The van der Waals surface area contributed by atoms with Crippen LogP contribution in [0.1, 0.15) is 45.7 Å². The molecule has 1 aromatic rings. The molecular formula is C16H28N2. The number of hydrogen-bond acceptors (Lipinski definition) is 2. The fourth-order valence-corrected chi connectivity index (χ4v) is 2.46. The molecule has 1 N–H and O–H groups in total. The number of nitrogens with one attached hydrogen (secondary N) is 1. The summed E-state index contributed by atoms with van der Waals surface area (Å²) < 4.78 is 0. The Morgan fingerprint density at radius 3 is 2.28 bits per heavy atom. The summed E-state index contributed by atoms with van der Waals surface area (Å²) in [5.41, 5.74) is 1.41. The lowest BCUT2D eigenvalue weighted by molar-refractivity contribution is 0.159. The minimum atomic E-state index is 0.475. The first kappa shape index (κ1) is 15.2. The van der Waals surface area contributed by atoms with E-state index < -0.39 is 0 Å². The Morgan fingerprint density at radius 1 is 1.11 bits per heavy atom. The Balaban J connectivity index is 2.80. The fraction of sp³-hybridized carbons (Fsp3) is 0.625. The molecule has 0 heterocycles. The van der Waals surface area contributed by atoms with E-state index in [0.717, 1.165) is 19.6 Å². The van der Waals surface area contributed by atoms with Crippen LogP contribution in [0, 0.1) is 0 Å². The minimum Gasteiger partial charge on any atom is -0.315 e. The van der Waals surface area contributed by atoms with Crippen molar-refractivity contribution in [3.63, 3.8) is 0 Å². The molecule has 2 heteroatoms. The van der Waals surface area contributed by atoms with Gasteiger partial charge in [-0.2, -0.15) is 0 Å². The Morgan fingerprint density at radius 2 is 1.78 bits per heavy atom. The normalized spacial score (nSPS) is 13.2. The van der Waals surface area contributed by atoms with Crippen molar-refractivity contribution < 1.29 is 0 Å². The highest BCUT2D eigenvalue weighted by Crippen LogP contribution is 2.21. The van der Waals surface area contributed by atoms with E-state index in [4.69, 9.17) is 0 Å². The summed E-state index contributed by atoms with van der Waals surface area (Å²) in [6.45, 7) is 12.2. The van der Waals surface area contributed by atoms with E-state index in [-0.39, 0.29) is 0 Å². The summed E-state index contributed by atoms with van der Waals surface area (Å²) in [5, 5.41) is 3.56. The van der Waals surface area contributed by atoms with E-state index in [2.05, 4.69) is 68.2 Å². The van der Waals surface area contributed by atoms with Gasteiger partial charge in [0.05, 0.1) is 0 Å². The second-order valence-corrected chi connectivity index (χ2v) is 5.05. The lowest BCUT2D eigenvalue weighted by atomic mass is 10.0. The van der Waals surface area contributed by atoms with Gasteiger partial charge in [-0.05, 0) is 38.9 Å². The van der Waals surface area contributed by atoms with Crippen molar-refractivity contribution in [2.24, 2.45) is 0 Å². The third-order valence-corrected chi connectivity index (χ3v) is 3.38. The summed E-state index contributed by atoms with van der Waals surface area (Å²) >= 11 is 0. The molecule has 0 aromatic heterocycles. The Hall–Kier alpha value is -0.860. The molecule has 1 aromatic carbocycles. The van der Waals surface area contributed by atoms with Crippen molar-refractivity contribution >= 4 is 0 Å². The van der Waals surface area contributed by atoms with Crippen LogP contribution in [0.15, 0.2) is 30.3 Å². The average Bonchev–Trinajstić information content (AvgIpc) is 2.38. The number of rotatable bonds is 8. The first-order chi connectivity index (χ1) is 8.70. The second kappa shape index (κ2) is 8.28. The van der Waals surface area contributed by atoms with Crippen molar-refractivity contribution in [1.82, 2.24) is 10.2 Å². The van der Waals surface area contributed by atoms with Crippen LogP contribution < -0.4 is 5.32 Å². The van der Waals surface area contributed by atoms with Gasteiger partial charge in [0.2, 0.25) is 0 Å². The van der Waals surface area contributed by atoms with E-state index in [9.17, 15) is 0 Å². The van der Waals surface area contributed by atoms with Gasteiger partial charge in [-0.3, -0.25) is 4.90 Å². The molecule has 0 radical (unpaired) electrons. The minimum absolute atomic E-state index is 0.475. The number of hydrogen-bond donors (Lipinski definition) is 1. The number of nitrogens with zero attached hydrogens (tertiary/aromatic N) is 1. The van der Waals surface area contributed by atoms with E-state index in [1.54, 1.807) is 0 Å². The predicted octanol–water partition coefficient (Wildman–Crippen LogP) is 3.46. The summed E-state index contributed by atoms with van der Waals surface area (Å²) in [4.78, 5) is 2.55. The molecule has 1 atom stereocenters. The lowest BCUT2D eigenvalue weighted by Crippen LogP contribution is -2.40. The highest BCUT2D eigenvalue weighted by atomic mass is 15.2. The molecular weight excluding hydrogens is 220 g/mol. The molecule has 0 spiro atoms. The van der Waals surface area contributed by atoms with Crippen molar-refractivity contribution in [1.29, 1.82) is 0 Å². The zero-order valence-corrected chi connectivity index (χ0v) is 12.3. The Kier molecular flexibility index (Phi) is 6.99. The molecule has 1 unspecified atom stereocenters. The summed E-state index contributed by atoms with van der Waals surface area (Å²) in [7, 11) is 0. The average molecular weight is 248 g/mol. The maximum absolute atomic E-state index is 3.56. The number of benzene rings is 1. The smallest absolute Gasteiger partial charge is 0.0475 e. The quantitative estimate of drug-likeness (QED) is 0.709. The van der Waals surface area contributed by atoms with E-state index in [1.807, 2.05) is 0 Å². The highest BCUT2D eigenvalue weighted by Gasteiger charge is 2.20. The molecule has 2 nitrogen and oxygen atoms in total. The Bertz CT molecular complexity index is 308. The third kappa shape index (κ3) is 4.43. The van der Waals surface area contributed by atoms with Crippen molar-refractivity contribution in [2.45, 2.75) is 46.2 Å². The molecule has 0 aliphatic carbocycles. The summed E-state index contributed by atoms with van der Waals surface area (Å²) in [5.74, 6) is 0. The van der Waals surface area contributed by atoms with Crippen LogP contribution in [0.25, 0.3) is 0 Å². The van der Waals surface area contributed by atoms with Crippen LogP contribution in [0.3, 0.4) is 0 Å². The zero-order chi connectivity index (χ0) is 13.4. The van der Waals surface area contributed by atoms with Crippen LogP contribution >= 0.6 is 0 Å². The predicted molar refractivity (Wildman–Crippen MR) is 79.9 cm³/mol. The van der Waals surface area contributed by atoms with Crippen molar-refractivity contribution in [3.8, 4) is 0 Å². The van der Waals surface area contributed by atoms with E-state index in [1.165, 1.54) is 12.0 Å². The van der Waals surface area contributed by atoms with Gasteiger partial charge in [-0.15, -0.1) is 0 Å². The SMILES string of the molecule is CCCNCC(c1ccccc1)N(CC)C(C)C. The van der Waals surface area contributed by atoms with Gasteiger partial charge < -0.3 is 5.32 Å². The molecule has 1 rings (SSSR count). The Labute approximate surface area is 112 Å². The van der Waals surface area contributed by atoms with Gasteiger partial charge >= 0.3 is 0 Å². The molecule has 102 valence electrons. The van der Waals surface area contributed by atoms with Gasteiger partial charge in [0.1, 0.15) is 0 Å². The first-order valence-corrected chi connectivity index (χ1v) is 7.22. The zero-order valence-electron chi connectivity index (χ0n) is 12.3. The topological polar surface area (TPSA) is 15.3 Å². The van der Waals surface area contributed by atoms with Gasteiger partial charge in [0, 0.05) is 18.6 Å². The van der Waals surface area contributed by atoms with Crippen LogP contribution in [0.5, 0.6) is 0 Å². The monoisotopic (exact) mass is 248 g/mol. The molecule has 0 bridgehead atoms. The van der Waals surface area contributed by atoms with Crippen molar-refractivity contribution in [3.05, 3.63) is 35.9 Å². The molecule has 0 saturated carbocycles. The van der Waals surface area contributed by atoms with Crippen LogP contribution in [0.4, 0.5) is 0 Å². The van der Waals surface area contributed by atoms with Gasteiger partial charge in [-0.25, -0.2) is 0 Å². The third-order valence-electron chi connectivity index (χ3n) is 3.38. The highest BCUT2D eigenvalue weighted by molar-refractivity contribution is 5.19.